The summed E-state index contributed by atoms with van der Waals surface area (Å²) in [6.45, 7) is 6.36. The van der Waals surface area contributed by atoms with Gasteiger partial charge in [-0.3, -0.25) is 0 Å². The summed E-state index contributed by atoms with van der Waals surface area (Å²) in [4.78, 5) is 4.21. The molecule has 0 spiro atoms. The van der Waals surface area contributed by atoms with Crippen molar-refractivity contribution in [3.63, 3.8) is 0 Å². The van der Waals surface area contributed by atoms with Crippen molar-refractivity contribution in [3.05, 3.63) is 18.2 Å². The monoisotopic (exact) mass is 193 g/mol. The third kappa shape index (κ3) is 1.46. The molecule has 1 heterocycles. The summed E-state index contributed by atoms with van der Waals surface area (Å²) in [5, 5.41) is 0. The summed E-state index contributed by atoms with van der Waals surface area (Å²) >= 11 is 0. The molecule has 2 rings (SSSR count). The van der Waals surface area contributed by atoms with Crippen molar-refractivity contribution in [2.75, 3.05) is 0 Å². The molecule has 0 aromatic carbocycles. The van der Waals surface area contributed by atoms with Gasteiger partial charge in [0.2, 0.25) is 0 Å². The first-order valence-electron chi connectivity index (χ1n) is 5.31. The Morgan fingerprint density at radius 1 is 1.50 bits per heavy atom. The van der Waals surface area contributed by atoms with E-state index in [0.717, 1.165) is 11.6 Å². The molecule has 2 unspecified atom stereocenters. The molecule has 78 valence electrons. The molecule has 14 heavy (non-hydrogen) atoms. The zero-order valence-corrected chi connectivity index (χ0v) is 9.20. The van der Waals surface area contributed by atoms with Crippen molar-refractivity contribution in [1.29, 1.82) is 0 Å². The van der Waals surface area contributed by atoms with Gasteiger partial charge in [0.15, 0.2) is 0 Å². The van der Waals surface area contributed by atoms with Crippen molar-refractivity contribution in [2.24, 2.45) is 11.7 Å². The van der Waals surface area contributed by atoms with E-state index in [9.17, 15) is 0 Å². The lowest BCUT2D eigenvalue weighted by Crippen LogP contribution is -2.36. The first kappa shape index (κ1) is 9.71. The van der Waals surface area contributed by atoms with Crippen LogP contribution < -0.4 is 5.73 Å². The van der Waals surface area contributed by atoms with Crippen molar-refractivity contribution < 1.29 is 0 Å². The zero-order valence-electron chi connectivity index (χ0n) is 9.20. The Kier molecular flexibility index (Phi) is 2.14. The highest BCUT2D eigenvalue weighted by molar-refractivity contribution is 5.12. The Morgan fingerprint density at radius 3 is 2.64 bits per heavy atom. The van der Waals surface area contributed by atoms with E-state index in [2.05, 4.69) is 16.5 Å². The van der Waals surface area contributed by atoms with Crippen LogP contribution in [0.1, 0.15) is 45.3 Å². The van der Waals surface area contributed by atoms with Gasteiger partial charge in [-0.2, -0.15) is 0 Å². The Labute approximate surface area is 85.3 Å². The molecule has 1 aromatic rings. The van der Waals surface area contributed by atoms with Gasteiger partial charge in [-0.1, -0.05) is 6.92 Å². The molecule has 0 bridgehead atoms. The number of hydrogen-bond donors (Lipinski definition) is 1. The molecular weight excluding hydrogens is 174 g/mol. The lowest BCUT2D eigenvalue weighted by atomic mass is 9.80. The molecule has 0 saturated heterocycles. The maximum atomic E-state index is 6.10. The third-order valence-corrected chi connectivity index (χ3v) is 3.26. The van der Waals surface area contributed by atoms with Crippen LogP contribution in [0.3, 0.4) is 0 Å². The highest BCUT2D eigenvalue weighted by Crippen LogP contribution is 2.39. The van der Waals surface area contributed by atoms with Gasteiger partial charge in [-0.15, -0.1) is 0 Å². The minimum Gasteiger partial charge on any atom is -0.330 e. The second kappa shape index (κ2) is 3.09. The number of aromatic nitrogens is 2. The lowest BCUT2D eigenvalue weighted by molar-refractivity contribution is 0.192. The second-order valence-corrected chi connectivity index (χ2v) is 5.03. The summed E-state index contributed by atoms with van der Waals surface area (Å²) in [5.41, 5.74) is 6.96. The Hall–Kier alpha value is -0.830. The van der Waals surface area contributed by atoms with Crippen LogP contribution in [0.25, 0.3) is 0 Å². The van der Waals surface area contributed by atoms with Gasteiger partial charge >= 0.3 is 0 Å². The fourth-order valence-corrected chi connectivity index (χ4v) is 2.13. The maximum absolute atomic E-state index is 6.10. The molecule has 1 aromatic heterocycles. The topological polar surface area (TPSA) is 43.8 Å². The standard InChI is InChI=1S/C11H19N3/c1-8-4-5-9(8)14-7-13-6-10(14)11(2,3)12/h6-9H,4-5,12H2,1-3H3. The number of imidazole rings is 1. The van der Waals surface area contributed by atoms with Crippen LogP contribution in [-0.2, 0) is 5.54 Å². The number of nitrogens with zero attached hydrogens (tertiary/aromatic N) is 2. The molecule has 3 heteroatoms. The van der Waals surface area contributed by atoms with Crippen molar-refractivity contribution in [1.82, 2.24) is 9.55 Å². The highest BCUT2D eigenvalue weighted by Gasteiger charge is 2.31. The minimum atomic E-state index is -0.286. The number of rotatable bonds is 2. The van der Waals surface area contributed by atoms with Gasteiger partial charge in [-0.25, -0.2) is 4.98 Å². The van der Waals surface area contributed by atoms with Gasteiger partial charge in [0.05, 0.1) is 17.6 Å². The van der Waals surface area contributed by atoms with E-state index < -0.39 is 0 Å². The fraction of sp³-hybridized carbons (Fsp3) is 0.727. The molecule has 0 radical (unpaired) electrons. The van der Waals surface area contributed by atoms with Crippen LogP contribution >= 0.6 is 0 Å². The lowest BCUT2D eigenvalue weighted by Gasteiger charge is -2.37. The van der Waals surface area contributed by atoms with Crippen molar-refractivity contribution >= 4 is 0 Å². The maximum Gasteiger partial charge on any atom is 0.0951 e. The Balaban J connectivity index is 2.30. The van der Waals surface area contributed by atoms with Gasteiger partial charge in [0.1, 0.15) is 0 Å². The molecular formula is C11H19N3. The second-order valence-electron chi connectivity index (χ2n) is 5.03. The molecule has 1 fully saturated rings. The Bertz CT molecular complexity index is 322. The fourth-order valence-electron chi connectivity index (χ4n) is 2.13. The van der Waals surface area contributed by atoms with Crippen LogP contribution in [0.15, 0.2) is 12.5 Å². The summed E-state index contributed by atoms with van der Waals surface area (Å²) in [5.74, 6) is 0.769. The van der Waals surface area contributed by atoms with E-state index in [0.29, 0.717) is 6.04 Å². The van der Waals surface area contributed by atoms with E-state index in [-0.39, 0.29) is 5.54 Å². The van der Waals surface area contributed by atoms with Gasteiger partial charge in [0.25, 0.3) is 0 Å². The first-order valence-corrected chi connectivity index (χ1v) is 5.31. The molecule has 0 amide bonds. The predicted molar refractivity (Wildman–Crippen MR) is 56.9 cm³/mol. The average Bonchev–Trinajstić information content (AvgIpc) is 2.49. The van der Waals surface area contributed by atoms with Crippen molar-refractivity contribution in [3.8, 4) is 0 Å². The van der Waals surface area contributed by atoms with Crippen LogP contribution in [-0.4, -0.2) is 9.55 Å². The third-order valence-electron chi connectivity index (χ3n) is 3.26. The zero-order chi connectivity index (χ0) is 10.3. The average molecular weight is 193 g/mol. The molecule has 1 aliphatic rings. The molecule has 1 aliphatic carbocycles. The Morgan fingerprint density at radius 2 is 2.21 bits per heavy atom. The largest absolute Gasteiger partial charge is 0.330 e. The smallest absolute Gasteiger partial charge is 0.0951 e. The quantitative estimate of drug-likeness (QED) is 0.781. The minimum absolute atomic E-state index is 0.286. The van der Waals surface area contributed by atoms with E-state index in [1.54, 1.807) is 0 Å². The van der Waals surface area contributed by atoms with Gasteiger partial charge in [-0.05, 0) is 32.6 Å². The van der Waals surface area contributed by atoms with Crippen LogP contribution in [0.4, 0.5) is 0 Å². The molecule has 1 saturated carbocycles. The molecule has 2 N–H and O–H groups in total. The van der Waals surface area contributed by atoms with Gasteiger partial charge < -0.3 is 10.3 Å². The van der Waals surface area contributed by atoms with Gasteiger partial charge in [0, 0.05) is 12.2 Å². The summed E-state index contributed by atoms with van der Waals surface area (Å²) < 4.78 is 2.26. The summed E-state index contributed by atoms with van der Waals surface area (Å²) in [6.07, 6.45) is 6.41. The van der Waals surface area contributed by atoms with E-state index in [1.807, 2.05) is 26.4 Å². The van der Waals surface area contributed by atoms with E-state index in [4.69, 9.17) is 5.73 Å². The molecule has 2 atom stereocenters. The van der Waals surface area contributed by atoms with E-state index >= 15 is 0 Å². The summed E-state index contributed by atoms with van der Waals surface area (Å²) in [6, 6.07) is 0.621. The number of hydrogen-bond acceptors (Lipinski definition) is 2. The normalized spacial score (nSPS) is 27.4. The molecule has 3 nitrogen and oxygen atoms in total. The van der Waals surface area contributed by atoms with Crippen LogP contribution in [0.2, 0.25) is 0 Å². The highest BCUT2D eigenvalue weighted by atomic mass is 15.1. The number of nitrogens with two attached hydrogens (primary N) is 1. The SMILES string of the molecule is CC1CCC1n1cncc1C(C)(C)N. The predicted octanol–water partition coefficient (Wildman–Crippen LogP) is 2.05. The van der Waals surface area contributed by atoms with E-state index in [1.165, 1.54) is 12.8 Å². The van der Waals surface area contributed by atoms with Crippen LogP contribution in [0.5, 0.6) is 0 Å². The van der Waals surface area contributed by atoms with Crippen molar-refractivity contribution in [2.45, 2.75) is 45.2 Å². The summed E-state index contributed by atoms with van der Waals surface area (Å²) in [7, 11) is 0. The molecule has 0 aliphatic heterocycles. The van der Waals surface area contributed by atoms with Crippen LogP contribution in [0, 0.1) is 5.92 Å². The first-order chi connectivity index (χ1) is 6.50.